The average molecular weight is 390 g/mol. The van der Waals surface area contributed by atoms with Crippen LogP contribution in [0.3, 0.4) is 0 Å². The largest absolute Gasteiger partial charge is 0.383 e. The van der Waals surface area contributed by atoms with Gasteiger partial charge in [-0.1, -0.05) is 30.3 Å². The van der Waals surface area contributed by atoms with Gasteiger partial charge in [-0.05, 0) is 25.1 Å². The Balaban J connectivity index is 1.68. The molecular formula is C22H22N4O3. The van der Waals surface area contributed by atoms with Crippen LogP contribution in [-0.2, 0) is 11.3 Å². The van der Waals surface area contributed by atoms with E-state index < -0.39 is 0 Å². The van der Waals surface area contributed by atoms with Crippen LogP contribution in [0.2, 0.25) is 0 Å². The summed E-state index contributed by atoms with van der Waals surface area (Å²) in [5.41, 5.74) is 2.07. The molecule has 0 aliphatic carbocycles. The SMILES string of the molecule is COCCn1c(C(C)NC(=O)c2c[nH]c(=O)c3ccccc23)nc2ccccc21. The summed E-state index contributed by atoms with van der Waals surface area (Å²) in [6.07, 6.45) is 1.46. The van der Waals surface area contributed by atoms with Crippen molar-refractivity contribution in [3.63, 3.8) is 0 Å². The van der Waals surface area contributed by atoms with E-state index in [0.717, 1.165) is 16.9 Å². The molecule has 0 saturated heterocycles. The summed E-state index contributed by atoms with van der Waals surface area (Å²) in [7, 11) is 1.66. The lowest BCUT2D eigenvalue weighted by molar-refractivity contribution is 0.0938. The number of ether oxygens (including phenoxy) is 1. The summed E-state index contributed by atoms with van der Waals surface area (Å²) in [5, 5.41) is 4.12. The first kappa shape index (κ1) is 18.9. The van der Waals surface area contributed by atoms with Gasteiger partial charge >= 0.3 is 0 Å². The van der Waals surface area contributed by atoms with Crippen molar-refractivity contribution in [3.05, 3.63) is 76.5 Å². The zero-order valence-corrected chi connectivity index (χ0v) is 16.3. The molecule has 29 heavy (non-hydrogen) atoms. The molecule has 0 aliphatic rings. The molecule has 148 valence electrons. The van der Waals surface area contributed by atoms with Crippen LogP contribution in [-0.4, -0.2) is 34.2 Å². The highest BCUT2D eigenvalue weighted by atomic mass is 16.5. The monoisotopic (exact) mass is 390 g/mol. The zero-order chi connectivity index (χ0) is 20.4. The molecule has 0 spiro atoms. The summed E-state index contributed by atoms with van der Waals surface area (Å²) < 4.78 is 7.30. The molecule has 0 aliphatic heterocycles. The number of nitrogens with one attached hydrogen (secondary N) is 2. The molecule has 7 nitrogen and oxygen atoms in total. The molecule has 0 fully saturated rings. The highest BCUT2D eigenvalue weighted by Crippen LogP contribution is 2.22. The van der Waals surface area contributed by atoms with Gasteiger partial charge in [0.25, 0.3) is 11.5 Å². The number of amides is 1. The lowest BCUT2D eigenvalue weighted by Crippen LogP contribution is -2.29. The molecule has 0 bridgehead atoms. The van der Waals surface area contributed by atoms with Crippen molar-refractivity contribution in [3.8, 4) is 0 Å². The van der Waals surface area contributed by atoms with Gasteiger partial charge in [0.1, 0.15) is 5.82 Å². The Labute approximate surface area is 167 Å². The van der Waals surface area contributed by atoms with E-state index in [-0.39, 0.29) is 17.5 Å². The van der Waals surface area contributed by atoms with E-state index in [2.05, 4.69) is 14.9 Å². The fraction of sp³-hybridized carbons (Fsp3) is 0.227. The summed E-state index contributed by atoms with van der Waals surface area (Å²) >= 11 is 0. The maximum absolute atomic E-state index is 13.0. The van der Waals surface area contributed by atoms with Crippen LogP contribution in [0.5, 0.6) is 0 Å². The second kappa shape index (κ2) is 7.89. The van der Waals surface area contributed by atoms with Crippen molar-refractivity contribution in [2.24, 2.45) is 0 Å². The van der Waals surface area contributed by atoms with Crippen molar-refractivity contribution in [2.75, 3.05) is 13.7 Å². The number of benzene rings is 2. The van der Waals surface area contributed by atoms with Crippen LogP contribution in [0.25, 0.3) is 21.8 Å². The van der Waals surface area contributed by atoms with Gasteiger partial charge in [-0.3, -0.25) is 9.59 Å². The van der Waals surface area contributed by atoms with Crippen LogP contribution < -0.4 is 10.9 Å². The smallest absolute Gasteiger partial charge is 0.255 e. The Morgan fingerprint density at radius 1 is 1.17 bits per heavy atom. The number of aromatic nitrogens is 3. The third-order valence-corrected chi connectivity index (χ3v) is 4.99. The average Bonchev–Trinajstić information content (AvgIpc) is 3.11. The minimum atomic E-state index is -0.336. The number of aromatic amines is 1. The molecule has 1 amide bonds. The molecule has 7 heteroatoms. The normalized spacial score (nSPS) is 12.3. The predicted molar refractivity (Wildman–Crippen MR) is 112 cm³/mol. The first-order valence-corrected chi connectivity index (χ1v) is 9.45. The van der Waals surface area contributed by atoms with Crippen LogP contribution in [0, 0.1) is 0 Å². The van der Waals surface area contributed by atoms with Gasteiger partial charge < -0.3 is 19.6 Å². The Hall–Kier alpha value is -3.45. The molecule has 0 radical (unpaired) electrons. The minimum Gasteiger partial charge on any atom is -0.383 e. The minimum absolute atomic E-state index is 0.216. The van der Waals surface area contributed by atoms with E-state index in [1.807, 2.05) is 37.3 Å². The fourth-order valence-electron chi connectivity index (χ4n) is 3.58. The maximum Gasteiger partial charge on any atom is 0.255 e. The number of hydrogen-bond acceptors (Lipinski definition) is 4. The fourth-order valence-corrected chi connectivity index (χ4v) is 3.58. The number of fused-ring (bicyclic) bond motifs is 2. The summed E-state index contributed by atoms with van der Waals surface area (Å²) in [6.45, 7) is 3.07. The number of H-pyrrole nitrogens is 1. The van der Waals surface area contributed by atoms with E-state index in [9.17, 15) is 9.59 Å². The van der Waals surface area contributed by atoms with E-state index in [1.165, 1.54) is 6.20 Å². The molecular weight excluding hydrogens is 368 g/mol. The van der Waals surface area contributed by atoms with E-state index in [0.29, 0.717) is 29.5 Å². The highest BCUT2D eigenvalue weighted by molar-refractivity contribution is 6.06. The molecule has 4 aromatic rings. The van der Waals surface area contributed by atoms with E-state index in [4.69, 9.17) is 9.72 Å². The molecule has 2 N–H and O–H groups in total. The van der Waals surface area contributed by atoms with Gasteiger partial charge in [0.2, 0.25) is 0 Å². The molecule has 2 heterocycles. The van der Waals surface area contributed by atoms with Gasteiger partial charge in [-0.15, -0.1) is 0 Å². The number of methoxy groups -OCH3 is 1. The summed E-state index contributed by atoms with van der Waals surface area (Å²) in [6, 6.07) is 14.6. The van der Waals surface area contributed by atoms with Gasteiger partial charge in [-0.25, -0.2) is 4.98 Å². The number of carbonyl (C=O) groups is 1. The quantitative estimate of drug-likeness (QED) is 0.530. The van der Waals surface area contributed by atoms with Crippen LogP contribution in [0.1, 0.15) is 29.1 Å². The first-order valence-electron chi connectivity index (χ1n) is 9.45. The number of para-hydroxylation sites is 2. The van der Waals surface area contributed by atoms with Gasteiger partial charge in [0, 0.05) is 30.6 Å². The molecule has 2 aromatic heterocycles. The topological polar surface area (TPSA) is 89.0 Å². The zero-order valence-electron chi connectivity index (χ0n) is 16.3. The number of carbonyl (C=O) groups excluding carboxylic acids is 1. The van der Waals surface area contributed by atoms with Crippen molar-refractivity contribution in [1.82, 2.24) is 19.9 Å². The Morgan fingerprint density at radius 2 is 1.90 bits per heavy atom. The molecule has 4 rings (SSSR count). The summed E-state index contributed by atoms with van der Waals surface area (Å²) in [4.78, 5) is 32.4. The molecule has 1 unspecified atom stereocenters. The first-order chi connectivity index (χ1) is 14.1. The van der Waals surface area contributed by atoms with E-state index in [1.54, 1.807) is 25.3 Å². The van der Waals surface area contributed by atoms with Crippen LogP contribution >= 0.6 is 0 Å². The van der Waals surface area contributed by atoms with Crippen molar-refractivity contribution in [1.29, 1.82) is 0 Å². The van der Waals surface area contributed by atoms with Gasteiger partial charge in [0.15, 0.2) is 0 Å². The molecule has 0 saturated carbocycles. The lowest BCUT2D eigenvalue weighted by atomic mass is 10.1. The van der Waals surface area contributed by atoms with Gasteiger partial charge in [0.05, 0.1) is 29.2 Å². The number of pyridine rings is 1. The predicted octanol–water partition coefficient (Wildman–Crippen LogP) is 3.02. The molecule has 1 atom stereocenters. The lowest BCUT2D eigenvalue weighted by Gasteiger charge is -2.17. The number of imidazole rings is 1. The van der Waals surface area contributed by atoms with Crippen molar-refractivity contribution in [2.45, 2.75) is 19.5 Å². The Bertz CT molecular complexity index is 1240. The van der Waals surface area contributed by atoms with Crippen LogP contribution in [0.15, 0.2) is 59.5 Å². The van der Waals surface area contributed by atoms with Gasteiger partial charge in [-0.2, -0.15) is 0 Å². The second-order valence-corrected chi connectivity index (χ2v) is 6.88. The van der Waals surface area contributed by atoms with Crippen molar-refractivity contribution < 1.29 is 9.53 Å². The number of nitrogens with zero attached hydrogens (tertiary/aromatic N) is 2. The van der Waals surface area contributed by atoms with E-state index >= 15 is 0 Å². The number of hydrogen-bond donors (Lipinski definition) is 2. The second-order valence-electron chi connectivity index (χ2n) is 6.88. The van der Waals surface area contributed by atoms with Crippen molar-refractivity contribution >= 4 is 27.7 Å². The Kier molecular flexibility index (Phi) is 5.14. The third-order valence-electron chi connectivity index (χ3n) is 4.99. The highest BCUT2D eigenvalue weighted by Gasteiger charge is 2.20. The maximum atomic E-state index is 13.0. The van der Waals surface area contributed by atoms with Crippen LogP contribution in [0.4, 0.5) is 0 Å². The standard InChI is InChI=1S/C22H22N4O3/c1-14(20-25-18-9-5-6-10-19(18)26(20)11-12-29-2)24-22(28)17-13-23-21(27)16-8-4-3-7-15(16)17/h3-10,13-14H,11-12H2,1-2H3,(H,23,27)(H,24,28). The summed E-state index contributed by atoms with van der Waals surface area (Å²) in [5.74, 6) is 0.487. The number of rotatable bonds is 6. The Morgan fingerprint density at radius 3 is 2.69 bits per heavy atom. The molecule has 2 aromatic carbocycles. The third kappa shape index (κ3) is 3.52.